The summed E-state index contributed by atoms with van der Waals surface area (Å²) in [6.07, 6.45) is -13.5. The maximum atomic E-state index is 13.6. The van der Waals surface area contributed by atoms with E-state index in [0.29, 0.717) is 17.7 Å². The van der Waals surface area contributed by atoms with Crippen LogP contribution >= 0.6 is 0 Å². The lowest BCUT2D eigenvalue weighted by Crippen LogP contribution is -2.35. The fourth-order valence-corrected chi connectivity index (χ4v) is 3.18. The summed E-state index contributed by atoms with van der Waals surface area (Å²) in [6.45, 7) is 1.32. The average Bonchev–Trinajstić information content (AvgIpc) is 2.86. The van der Waals surface area contributed by atoms with E-state index in [1.54, 1.807) is 0 Å². The molecule has 0 bridgehead atoms. The number of hydrogen-bond donors (Lipinski definition) is 3. The molecule has 1 heterocycles. The molecule has 0 fully saturated rings. The molecule has 0 radical (unpaired) electrons. The smallest absolute Gasteiger partial charge is 0.475 e. The van der Waals surface area contributed by atoms with E-state index >= 15 is 0 Å². The van der Waals surface area contributed by atoms with Gasteiger partial charge in [0.15, 0.2) is 5.78 Å². The number of anilines is 1. The summed E-state index contributed by atoms with van der Waals surface area (Å²) in [7, 11) is 0. The van der Waals surface area contributed by atoms with Crippen LogP contribution < -0.4 is 10.6 Å². The Kier molecular flexibility index (Phi) is 10.1. The van der Waals surface area contributed by atoms with Gasteiger partial charge in [0.05, 0.1) is 22.9 Å². The number of aliphatic carboxylic acids is 1. The SMILES string of the molecule is CC(=O)c1cccc(NC(=O)N[C@@H](c2ccc(C(F)(F)F)cc2)c2ncccc2C(F)(F)F)c1.O=C(O)C(F)(F)F. The van der Waals surface area contributed by atoms with E-state index in [-0.39, 0.29) is 17.0 Å². The van der Waals surface area contributed by atoms with E-state index < -0.39 is 53.4 Å². The molecule has 16 heteroatoms. The second kappa shape index (κ2) is 12.7. The summed E-state index contributed by atoms with van der Waals surface area (Å²) >= 11 is 0. The Morgan fingerprint density at radius 3 is 1.90 bits per heavy atom. The van der Waals surface area contributed by atoms with E-state index in [1.165, 1.54) is 31.2 Å². The maximum absolute atomic E-state index is 13.6. The predicted molar refractivity (Wildman–Crippen MR) is 125 cm³/mol. The van der Waals surface area contributed by atoms with Crippen molar-refractivity contribution < 1.29 is 59.0 Å². The number of nitrogens with one attached hydrogen (secondary N) is 2. The molecule has 2 aromatic carbocycles. The predicted octanol–water partition coefficient (Wildman–Crippen LogP) is 6.87. The van der Waals surface area contributed by atoms with Crippen molar-refractivity contribution >= 4 is 23.5 Å². The Morgan fingerprint density at radius 2 is 1.41 bits per heavy atom. The zero-order valence-corrected chi connectivity index (χ0v) is 20.4. The second-order valence-electron chi connectivity index (χ2n) is 8.03. The number of Topliss-reactive ketones (excluding diaryl/α,β-unsaturated/α-hetero) is 1. The van der Waals surface area contributed by atoms with Gasteiger partial charge in [0, 0.05) is 17.4 Å². The van der Waals surface area contributed by atoms with Crippen molar-refractivity contribution in [3.8, 4) is 0 Å². The first-order valence-corrected chi connectivity index (χ1v) is 11.0. The van der Waals surface area contributed by atoms with E-state index in [2.05, 4.69) is 15.6 Å². The molecular weight excluding hydrogens is 577 g/mol. The number of nitrogens with zero attached hydrogens (tertiary/aromatic N) is 1. The van der Waals surface area contributed by atoms with Gasteiger partial charge in [-0.15, -0.1) is 0 Å². The number of amides is 2. The summed E-state index contributed by atoms with van der Waals surface area (Å²) in [5.41, 5.74) is -2.32. The van der Waals surface area contributed by atoms with Crippen molar-refractivity contribution in [2.24, 2.45) is 0 Å². The van der Waals surface area contributed by atoms with Gasteiger partial charge >= 0.3 is 30.5 Å². The van der Waals surface area contributed by atoms with Crippen LogP contribution in [0.15, 0.2) is 66.9 Å². The molecule has 0 spiro atoms. The first-order valence-electron chi connectivity index (χ1n) is 11.0. The highest BCUT2D eigenvalue weighted by Crippen LogP contribution is 2.36. The normalized spacial score (nSPS) is 12.4. The first kappa shape index (κ1) is 32.6. The minimum Gasteiger partial charge on any atom is -0.475 e. The lowest BCUT2D eigenvalue weighted by Gasteiger charge is -2.23. The molecule has 2 amide bonds. The standard InChI is InChI=1S/C23H17F6N3O2.C2HF3O2/c1-13(33)15-4-2-5-17(12-15)31-21(34)32-19(14-7-9-16(10-8-14)22(24,25)26)20-18(23(27,28)29)6-3-11-30-20;3-2(4,5)1(6)7/h2-12,19H,1H3,(H2,31,32,34);(H,6,7)/t19-;/m0./s1. The van der Waals surface area contributed by atoms with Gasteiger partial charge in [0.25, 0.3) is 0 Å². The largest absolute Gasteiger partial charge is 0.490 e. The van der Waals surface area contributed by atoms with Crippen molar-refractivity contribution in [2.75, 3.05) is 5.32 Å². The number of rotatable bonds is 5. The number of carboxylic acids is 1. The Bertz CT molecular complexity index is 1390. The van der Waals surface area contributed by atoms with Gasteiger partial charge in [-0.3, -0.25) is 9.78 Å². The number of carbonyl (C=O) groups is 3. The lowest BCUT2D eigenvalue weighted by atomic mass is 9.98. The number of benzene rings is 2. The number of aromatic nitrogens is 1. The zero-order chi connectivity index (χ0) is 31.2. The van der Waals surface area contributed by atoms with Crippen molar-refractivity contribution in [2.45, 2.75) is 31.5 Å². The van der Waals surface area contributed by atoms with Crippen molar-refractivity contribution in [1.29, 1.82) is 0 Å². The first-order chi connectivity index (χ1) is 18.8. The van der Waals surface area contributed by atoms with Crippen LogP contribution in [0.25, 0.3) is 0 Å². The molecule has 1 atom stereocenters. The Hall–Kier alpha value is -4.63. The summed E-state index contributed by atoms with van der Waals surface area (Å²) in [4.78, 5) is 36.8. The molecule has 0 unspecified atom stereocenters. The molecule has 220 valence electrons. The third-order valence-corrected chi connectivity index (χ3v) is 5.03. The van der Waals surface area contributed by atoms with Crippen molar-refractivity contribution in [3.63, 3.8) is 0 Å². The molecule has 0 aliphatic carbocycles. The van der Waals surface area contributed by atoms with Crippen LogP contribution in [0.2, 0.25) is 0 Å². The van der Waals surface area contributed by atoms with Crippen molar-refractivity contribution in [1.82, 2.24) is 10.3 Å². The fourth-order valence-electron chi connectivity index (χ4n) is 3.18. The highest BCUT2D eigenvalue weighted by Gasteiger charge is 2.39. The van der Waals surface area contributed by atoms with Gasteiger partial charge in [0.1, 0.15) is 0 Å². The minimum absolute atomic E-state index is 0.0511. The molecule has 0 saturated heterocycles. The summed E-state index contributed by atoms with van der Waals surface area (Å²) < 4.78 is 111. The molecule has 7 nitrogen and oxygen atoms in total. The van der Waals surface area contributed by atoms with Crippen LogP contribution in [0.3, 0.4) is 0 Å². The highest BCUT2D eigenvalue weighted by atomic mass is 19.4. The molecule has 3 rings (SSSR count). The summed E-state index contributed by atoms with van der Waals surface area (Å²) in [6, 6.07) is 8.53. The Balaban J connectivity index is 0.000000745. The maximum Gasteiger partial charge on any atom is 0.490 e. The van der Waals surface area contributed by atoms with Crippen LogP contribution in [-0.4, -0.2) is 34.1 Å². The zero-order valence-electron chi connectivity index (χ0n) is 20.4. The minimum atomic E-state index is -5.08. The van der Waals surface area contributed by atoms with Gasteiger partial charge in [-0.25, -0.2) is 9.59 Å². The number of carboxylic acid groups (broad SMARTS) is 1. The summed E-state index contributed by atoms with van der Waals surface area (Å²) in [5.74, 6) is -3.03. The van der Waals surface area contributed by atoms with E-state index in [1.807, 2.05) is 0 Å². The lowest BCUT2D eigenvalue weighted by molar-refractivity contribution is -0.192. The fraction of sp³-hybridized carbons (Fsp3) is 0.200. The Morgan fingerprint density at radius 1 is 0.829 bits per heavy atom. The average molecular weight is 595 g/mol. The molecular formula is C25H18F9N3O4. The molecule has 1 aromatic heterocycles. The number of pyridine rings is 1. The number of urea groups is 1. The second-order valence-corrected chi connectivity index (χ2v) is 8.03. The van der Waals surface area contributed by atoms with Gasteiger partial charge in [0.2, 0.25) is 0 Å². The number of ketones is 1. The topological polar surface area (TPSA) is 108 Å². The molecule has 41 heavy (non-hydrogen) atoms. The van der Waals surface area contributed by atoms with E-state index in [4.69, 9.17) is 9.90 Å². The quantitative estimate of drug-likeness (QED) is 0.221. The van der Waals surface area contributed by atoms with Crippen LogP contribution in [0.1, 0.15) is 45.7 Å². The molecule has 0 aliphatic heterocycles. The van der Waals surface area contributed by atoms with Gasteiger partial charge in [-0.2, -0.15) is 39.5 Å². The van der Waals surface area contributed by atoms with Gasteiger partial charge in [-0.1, -0.05) is 24.3 Å². The van der Waals surface area contributed by atoms with Crippen LogP contribution in [0.5, 0.6) is 0 Å². The van der Waals surface area contributed by atoms with Gasteiger partial charge in [-0.05, 0) is 48.9 Å². The van der Waals surface area contributed by atoms with E-state index in [9.17, 15) is 49.1 Å². The summed E-state index contributed by atoms with van der Waals surface area (Å²) in [5, 5.41) is 11.9. The number of carbonyl (C=O) groups excluding carboxylic acids is 2. The van der Waals surface area contributed by atoms with Crippen LogP contribution in [0.4, 0.5) is 50.0 Å². The highest BCUT2D eigenvalue weighted by molar-refractivity contribution is 5.96. The number of halogens is 9. The van der Waals surface area contributed by atoms with Crippen LogP contribution in [-0.2, 0) is 17.1 Å². The number of alkyl halides is 9. The third-order valence-electron chi connectivity index (χ3n) is 5.03. The third kappa shape index (κ3) is 9.51. The molecule has 0 saturated carbocycles. The Labute approximate surface area is 225 Å². The number of hydrogen-bond acceptors (Lipinski definition) is 4. The van der Waals surface area contributed by atoms with Crippen molar-refractivity contribution in [3.05, 3.63) is 94.8 Å². The molecule has 3 aromatic rings. The van der Waals surface area contributed by atoms with E-state index in [0.717, 1.165) is 30.5 Å². The molecule has 3 N–H and O–H groups in total. The molecule has 0 aliphatic rings. The van der Waals surface area contributed by atoms with Gasteiger partial charge < -0.3 is 15.7 Å². The monoisotopic (exact) mass is 595 g/mol. The van der Waals surface area contributed by atoms with Crippen LogP contribution in [0, 0.1) is 0 Å².